The molecule has 1 amide bonds. The molecular weight excluding hydrogens is 563 g/mol. The van der Waals surface area contributed by atoms with Crippen molar-refractivity contribution in [1.82, 2.24) is 24.4 Å². The van der Waals surface area contributed by atoms with Crippen molar-refractivity contribution < 1.29 is 18.0 Å². The number of piperazine rings is 1. The number of aromatic nitrogens is 3. The molecule has 42 heavy (non-hydrogen) atoms. The predicted molar refractivity (Wildman–Crippen MR) is 155 cm³/mol. The van der Waals surface area contributed by atoms with Gasteiger partial charge in [0, 0.05) is 36.8 Å². The van der Waals surface area contributed by atoms with Crippen LogP contribution in [0.4, 0.5) is 13.2 Å². The lowest BCUT2D eigenvalue weighted by Crippen LogP contribution is -2.50. The third-order valence-electron chi connectivity index (χ3n) is 7.61. The highest BCUT2D eigenvalue weighted by atomic mass is 35.5. The van der Waals surface area contributed by atoms with Gasteiger partial charge in [-0.1, -0.05) is 84.4 Å². The summed E-state index contributed by atoms with van der Waals surface area (Å²) in [5, 5.41) is 4.57. The van der Waals surface area contributed by atoms with Crippen LogP contribution in [0.2, 0.25) is 5.02 Å². The standard InChI is InChI=1S/C32H27ClF3N5O/c1-21-28(30-37-26(22-12-14-25(33)15-13-22)20-27(32(34,35)36)41(30)38-21)31(42)40-18-16-39(17-19-40)29(23-8-4-2-5-9-23)24-10-6-3-7-11-24/h2-15,20,29H,16-19H2,1H3. The van der Waals surface area contributed by atoms with Gasteiger partial charge in [-0.15, -0.1) is 0 Å². The van der Waals surface area contributed by atoms with Crippen LogP contribution in [0.15, 0.2) is 91.0 Å². The van der Waals surface area contributed by atoms with Crippen molar-refractivity contribution in [2.75, 3.05) is 26.2 Å². The van der Waals surface area contributed by atoms with E-state index < -0.39 is 11.9 Å². The highest BCUT2D eigenvalue weighted by Gasteiger charge is 2.37. The largest absolute Gasteiger partial charge is 0.433 e. The van der Waals surface area contributed by atoms with E-state index in [-0.39, 0.29) is 34.5 Å². The van der Waals surface area contributed by atoms with Gasteiger partial charge >= 0.3 is 6.18 Å². The number of nitrogens with zero attached hydrogens (tertiary/aromatic N) is 5. The highest BCUT2D eigenvalue weighted by molar-refractivity contribution is 6.30. The van der Waals surface area contributed by atoms with E-state index in [1.807, 2.05) is 36.4 Å². The van der Waals surface area contributed by atoms with Crippen molar-refractivity contribution in [3.8, 4) is 11.3 Å². The van der Waals surface area contributed by atoms with Crippen molar-refractivity contribution in [1.29, 1.82) is 0 Å². The van der Waals surface area contributed by atoms with Crippen LogP contribution in [-0.2, 0) is 6.18 Å². The minimum absolute atomic E-state index is 0.0151. The average Bonchev–Trinajstić information content (AvgIpc) is 3.33. The molecule has 3 heterocycles. The van der Waals surface area contributed by atoms with Crippen LogP contribution in [0.25, 0.3) is 16.9 Å². The lowest BCUT2D eigenvalue weighted by molar-refractivity contribution is -0.142. The van der Waals surface area contributed by atoms with E-state index in [1.54, 1.807) is 36.1 Å². The van der Waals surface area contributed by atoms with Gasteiger partial charge < -0.3 is 4.90 Å². The zero-order valence-corrected chi connectivity index (χ0v) is 23.5. The van der Waals surface area contributed by atoms with E-state index in [0.717, 1.165) is 21.7 Å². The summed E-state index contributed by atoms with van der Waals surface area (Å²) in [6.45, 7) is 3.55. The Balaban J connectivity index is 1.32. The Kier molecular flexibility index (Phi) is 7.47. The van der Waals surface area contributed by atoms with Gasteiger partial charge in [-0.05, 0) is 36.2 Å². The molecule has 0 spiro atoms. The minimum Gasteiger partial charge on any atom is -0.336 e. The molecule has 6 nitrogen and oxygen atoms in total. The Labute approximate surface area is 246 Å². The molecule has 2 aromatic heterocycles. The van der Waals surface area contributed by atoms with Crippen molar-refractivity contribution in [2.24, 2.45) is 0 Å². The number of hydrogen-bond donors (Lipinski definition) is 0. The molecule has 1 aliphatic heterocycles. The number of amides is 1. The number of halogens is 4. The van der Waals surface area contributed by atoms with Gasteiger partial charge in [0.2, 0.25) is 0 Å². The topological polar surface area (TPSA) is 53.7 Å². The minimum atomic E-state index is -4.71. The van der Waals surface area contributed by atoms with Gasteiger partial charge in [0.05, 0.1) is 17.4 Å². The number of hydrogen-bond acceptors (Lipinski definition) is 4. The average molecular weight is 590 g/mol. The second kappa shape index (κ2) is 11.2. The monoisotopic (exact) mass is 589 g/mol. The van der Waals surface area contributed by atoms with Crippen LogP contribution in [0.3, 0.4) is 0 Å². The normalized spacial score (nSPS) is 14.6. The Bertz CT molecular complexity index is 1680. The molecule has 214 valence electrons. The quantitative estimate of drug-likeness (QED) is 0.223. The molecule has 1 saturated heterocycles. The van der Waals surface area contributed by atoms with E-state index in [0.29, 0.717) is 36.8 Å². The summed E-state index contributed by atoms with van der Waals surface area (Å²) in [5.41, 5.74) is 1.99. The summed E-state index contributed by atoms with van der Waals surface area (Å²) in [4.78, 5) is 22.4. The van der Waals surface area contributed by atoms with Crippen LogP contribution >= 0.6 is 11.6 Å². The first-order chi connectivity index (χ1) is 20.2. The summed E-state index contributed by atoms with van der Waals surface area (Å²) in [6.07, 6.45) is -4.71. The number of alkyl halides is 3. The predicted octanol–water partition coefficient (Wildman–Crippen LogP) is 6.92. The maximum atomic E-state index is 14.2. The van der Waals surface area contributed by atoms with E-state index in [4.69, 9.17) is 11.6 Å². The van der Waals surface area contributed by atoms with Gasteiger partial charge in [-0.25, -0.2) is 9.50 Å². The first-order valence-corrected chi connectivity index (χ1v) is 14.0. The van der Waals surface area contributed by atoms with Gasteiger partial charge in [-0.3, -0.25) is 9.69 Å². The Morgan fingerprint density at radius 1 is 0.857 bits per heavy atom. The molecule has 1 aliphatic rings. The number of benzene rings is 3. The molecule has 10 heteroatoms. The molecule has 1 fully saturated rings. The molecule has 0 radical (unpaired) electrons. The number of rotatable bonds is 5. The van der Waals surface area contributed by atoms with Crippen LogP contribution < -0.4 is 0 Å². The molecule has 0 aliphatic carbocycles. The zero-order chi connectivity index (χ0) is 29.4. The number of carbonyl (C=O) groups excluding carboxylic acids is 1. The third-order valence-corrected chi connectivity index (χ3v) is 7.86. The maximum Gasteiger partial charge on any atom is 0.433 e. The van der Waals surface area contributed by atoms with Crippen molar-refractivity contribution >= 4 is 23.2 Å². The summed E-state index contributed by atoms with van der Waals surface area (Å²) in [7, 11) is 0. The fourth-order valence-electron chi connectivity index (χ4n) is 5.57. The molecule has 0 atom stereocenters. The maximum absolute atomic E-state index is 14.2. The second-order valence-electron chi connectivity index (χ2n) is 10.3. The molecule has 0 bridgehead atoms. The van der Waals surface area contributed by atoms with Gasteiger partial charge in [-0.2, -0.15) is 18.3 Å². The number of carbonyl (C=O) groups is 1. The third kappa shape index (κ3) is 5.37. The molecule has 0 unspecified atom stereocenters. The SMILES string of the molecule is Cc1nn2c(C(F)(F)F)cc(-c3ccc(Cl)cc3)nc2c1C(=O)N1CCN(C(c2ccccc2)c2ccccc2)CC1. The van der Waals surface area contributed by atoms with Crippen LogP contribution in [0.5, 0.6) is 0 Å². The van der Waals surface area contributed by atoms with Crippen molar-refractivity contribution in [2.45, 2.75) is 19.1 Å². The molecule has 6 rings (SSSR count). The first kappa shape index (κ1) is 27.9. The number of aryl methyl sites for hydroxylation is 1. The molecular formula is C32H27ClF3N5O. The first-order valence-electron chi connectivity index (χ1n) is 13.6. The highest BCUT2D eigenvalue weighted by Crippen LogP contribution is 2.34. The van der Waals surface area contributed by atoms with Gasteiger partial charge in [0.1, 0.15) is 5.56 Å². The van der Waals surface area contributed by atoms with E-state index in [1.165, 1.54) is 0 Å². The molecule has 5 aromatic rings. The van der Waals surface area contributed by atoms with Crippen LogP contribution in [0.1, 0.15) is 38.9 Å². The smallest absolute Gasteiger partial charge is 0.336 e. The molecule has 0 saturated carbocycles. The van der Waals surface area contributed by atoms with E-state index >= 15 is 0 Å². The number of fused-ring (bicyclic) bond motifs is 1. The van der Waals surface area contributed by atoms with Crippen molar-refractivity contribution in [3.05, 3.63) is 124 Å². The lowest BCUT2D eigenvalue weighted by Gasteiger charge is -2.39. The van der Waals surface area contributed by atoms with E-state index in [2.05, 4.69) is 39.2 Å². The fraction of sp³-hybridized carbons (Fsp3) is 0.219. The van der Waals surface area contributed by atoms with Crippen molar-refractivity contribution in [3.63, 3.8) is 0 Å². The van der Waals surface area contributed by atoms with Gasteiger partial charge in [0.25, 0.3) is 5.91 Å². The Hall–Kier alpha value is -4.21. The zero-order valence-electron chi connectivity index (χ0n) is 22.7. The lowest BCUT2D eigenvalue weighted by atomic mass is 9.96. The fourth-order valence-corrected chi connectivity index (χ4v) is 5.70. The second-order valence-corrected chi connectivity index (χ2v) is 10.7. The molecule has 3 aromatic carbocycles. The van der Waals surface area contributed by atoms with Crippen LogP contribution in [0, 0.1) is 6.92 Å². The van der Waals surface area contributed by atoms with Gasteiger partial charge in [0.15, 0.2) is 11.3 Å². The Morgan fingerprint density at radius 2 is 1.43 bits per heavy atom. The summed E-state index contributed by atoms with van der Waals surface area (Å²) < 4.78 is 43.2. The summed E-state index contributed by atoms with van der Waals surface area (Å²) in [5.74, 6) is -0.382. The Morgan fingerprint density at radius 3 is 1.98 bits per heavy atom. The summed E-state index contributed by atoms with van der Waals surface area (Å²) >= 11 is 5.99. The van der Waals surface area contributed by atoms with E-state index in [9.17, 15) is 18.0 Å². The van der Waals surface area contributed by atoms with Crippen LogP contribution in [-0.4, -0.2) is 56.5 Å². The summed E-state index contributed by atoms with van der Waals surface area (Å²) in [6, 6.07) is 27.7. The molecule has 0 N–H and O–H groups in total.